The van der Waals surface area contributed by atoms with Crippen molar-refractivity contribution in [1.29, 1.82) is 0 Å². The van der Waals surface area contributed by atoms with Crippen LogP contribution in [0.3, 0.4) is 0 Å². The van der Waals surface area contributed by atoms with Gasteiger partial charge in [0.1, 0.15) is 5.75 Å². The van der Waals surface area contributed by atoms with Gasteiger partial charge < -0.3 is 5.11 Å². The molecule has 3 heterocycles. The summed E-state index contributed by atoms with van der Waals surface area (Å²) >= 11 is 0. The molecule has 1 N–H and O–H groups in total. The number of rotatable bonds is 4. The van der Waals surface area contributed by atoms with E-state index in [0.29, 0.717) is 5.39 Å². The molecule has 0 saturated heterocycles. The minimum absolute atomic E-state index is 0.00177. The molecule has 182 valence electrons. The molecule has 0 saturated carbocycles. The van der Waals surface area contributed by atoms with Gasteiger partial charge in [-0.25, -0.2) is 17.4 Å². The quantitative estimate of drug-likeness (QED) is 0.366. The van der Waals surface area contributed by atoms with Crippen LogP contribution in [0.5, 0.6) is 5.75 Å². The number of benzene rings is 3. The number of fused-ring (bicyclic) bond motifs is 2. The fraction of sp³-hybridized carbons (Fsp3) is 0.0357. The molecular formula is C28H19N3O5S. The number of amides is 2. The third kappa shape index (κ3) is 3.35. The maximum atomic E-state index is 13.5. The number of nitrogens with zero attached hydrogens (tertiary/aromatic N) is 3. The smallest absolute Gasteiger partial charge is 0.269 e. The summed E-state index contributed by atoms with van der Waals surface area (Å²) in [5.74, 6) is -1.37. The van der Waals surface area contributed by atoms with Gasteiger partial charge in [0.15, 0.2) is 5.65 Å². The number of aromatic hydroxyl groups is 1. The normalized spacial score (nSPS) is 14.4. The Labute approximate surface area is 211 Å². The summed E-state index contributed by atoms with van der Waals surface area (Å²) in [6.07, 6.45) is 2.78. The van der Waals surface area contributed by atoms with Gasteiger partial charge in [-0.1, -0.05) is 42.5 Å². The second kappa shape index (κ2) is 8.14. The number of aromatic nitrogens is 2. The monoisotopic (exact) mass is 509 g/mol. The molecule has 0 bridgehead atoms. The molecule has 3 aromatic carbocycles. The number of phenolic OH excluding ortho intramolecular Hbond substituents is 1. The Morgan fingerprint density at radius 2 is 1.41 bits per heavy atom. The van der Waals surface area contributed by atoms with Crippen LogP contribution < -0.4 is 0 Å². The number of imide groups is 1. The van der Waals surface area contributed by atoms with Gasteiger partial charge >= 0.3 is 0 Å². The lowest BCUT2D eigenvalue weighted by Gasteiger charge is -2.09. The van der Waals surface area contributed by atoms with Gasteiger partial charge in [0.05, 0.1) is 16.0 Å². The largest absolute Gasteiger partial charge is 0.507 e. The zero-order valence-corrected chi connectivity index (χ0v) is 20.3. The maximum Gasteiger partial charge on any atom is 0.269 e. The van der Waals surface area contributed by atoms with Crippen molar-refractivity contribution >= 4 is 54.8 Å². The Hall–Kier alpha value is -4.76. The molecule has 0 spiro atoms. The zero-order valence-electron chi connectivity index (χ0n) is 19.5. The maximum absolute atomic E-state index is 13.5. The molecule has 0 unspecified atom stereocenters. The van der Waals surface area contributed by atoms with Crippen molar-refractivity contribution in [1.82, 2.24) is 13.9 Å². The highest BCUT2D eigenvalue weighted by Crippen LogP contribution is 2.42. The third-order valence-corrected chi connectivity index (χ3v) is 8.19. The van der Waals surface area contributed by atoms with E-state index in [9.17, 15) is 23.1 Å². The van der Waals surface area contributed by atoms with Crippen LogP contribution in [0.1, 0.15) is 11.1 Å². The first-order valence-electron chi connectivity index (χ1n) is 11.3. The van der Waals surface area contributed by atoms with Crippen LogP contribution in [-0.4, -0.2) is 46.2 Å². The van der Waals surface area contributed by atoms with Crippen molar-refractivity contribution in [2.24, 2.45) is 0 Å². The van der Waals surface area contributed by atoms with Gasteiger partial charge in [0.2, 0.25) is 0 Å². The second-order valence-corrected chi connectivity index (χ2v) is 10.5. The summed E-state index contributed by atoms with van der Waals surface area (Å²) in [7, 11) is -2.71. The van der Waals surface area contributed by atoms with Gasteiger partial charge in [-0.2, -0.15) is 0 Å². The third-order valence-electron chi connectivity index (χ3n) is 6.52. The predicted octanol–water partition coefficient (Wildman–Crippen LogP) is 4.04. The lowest BCUT2D eigenvalue weighted by molar-refractivity contribution is -0.134. The number of carbonyl (C=O) groups is 2. The molecule has 0 aliphatic carbocycles. The first kappa shape index (κ1) is 22.7. The molecule has 2 amide bonds. The molecule has 0 radical (unpaired) electrons. The minimum atomic E-state index is -4.07. The number of carbonyl (C=O) groups excluding carboxylic acids is 2. The van der Waals surface area contributed by atoms with E-state index < -0.39 is 21.8 Å². The van der Waals surface area contributed by atoms with E-state index in [1.807, 2.05) is 24.3 Å². The van der Waals surface area contributed by atoms with Crippen LogP contribution in [0.25, 0.3) is 33.0 Å². The van der Waals surface area contributed by atoms with Gasteiger partial charge in [0.25, 0.3) is 21.8 Å². The molecule has 9 heteroatoms. The topological polar surface area (TPSA) is 110 Å². The lowest BCUT2D eigenvalue weighted by atomic mass is 9.94. The summed E-state index contributed by atoms with van der Waals surface area (Å²) in [6, 6.07) is 21.7. The molecular weight excluding hydrogens is 490 g/mol. The minimum Gasteiger partial charge on any atom is -0.507 e. The molecule has 0 atom stereocenters. The number of hydrogen-bond acceptors (Lipinski definition) is 6. The van der Waals surface area contributed by atoms with Crippen LogP contribution in [0.2, 0.25) is 0 Å². The molecule has 1 aliphatic rings. The fourth-order valence-corrected chi connectivity index (χ4v) is 6.03. The average Bonchev–Trinajstić information content (AvgIpc) is 3.40. The van der Waals surface area contributed by atoms with Crippen molar-refractivity contribution < 1.29 is 23.1 Å². The van der Waals surface area contributed by atoms with Crippen LogP contribution in [0.4, 0.5) is 0 Å². The van der Waals surface area contributed by atoms with E-state index >= 15 is 0 Å². The fourth-order valence-electron chi connectivity index (χ4n) is 4.69. The zero-order chi connectivity index (χ0) is 25.9. The van der Waals surface area contributed by atoms with Crippen LogP contribution in [0.15, 0.2) is 96.2 Å². The number of likely N-dealkylation sites (N-methyl/N-ethyl adjacent to an activating group) is 1. The van der Waals surface area contributed by atoms with Crippen molar-refractivity contribution in [3.8, 4) is 5.75 Å². The van der Waals surface area contributed by atoms with E-state index in [1.54, 1.807) is 36.4 Å². The summed E-state index contributed by atoms with van der Waals surface area (Å²) in [5.41, 5.74) is 0.527. The first-order chi connectivity index (χ1) is 17.8. The van der Waals surface area contributed by atoms with E-state index in [2.05, 4.69) is 4.98 Å². The van der Waals surface area contributed by atoms with Gasteiger partial charge in [-0.15, -0.1) is 0 Å². The van der Waals surface area contributed by atoms with Gasteiger partial charge in [-0.05, 0) is 47.2 Å². The lowest BCUT2D eigenvalue weighted by Crippen LogP contribution is -2.26. The van der Waals surface area contributed by atoms with Crippen molar-refractivity contribution in [3.05, 3.63) is 102 Å². The standard InChI is InChI=1S/C28H19N3O5S/c1-30-27(33)24(21-14-17-8-5-6-9-18(17)15-23(21)32)25(28(30)34)22-16-31(26-20(22)12-7-13-29-26)37(35,36)19-10-3-2-4-11-19/h2-16,32H,1H3. The Kier molecular flexibility index (Phi) is 4.99. The van der Waals surface area contributed by atoms with Crippen LogP contribution in [-0.2, 0) is 19.6 Å². The van der Waals surface area contributed by atoms with E-state index in [4.69, 9.17) is 0 Å². The van der Waals surface area contributed by atoms with Crippen molar-refractivity contribution in [2.45, 2.75) is 4.90 Å². The molecule has 6 rings (SSSR count). The highest BCUT2D eigenvalue weighted by Gasteiger charge is 2.40. The van der Waals surface area contributed by atoms with Crippen molar-refractivity contribution in [2.75, 3.05) is 7.05 Å². The Balaban J connectivity index is 1.67. The van der Waals surface area contributed by atoms with E-state index in [0.717, 1.165) is 19.6 Å². The van der Waals surface area contributed by atoms with E-state index in [1.165, 1.54) is 37.6 Å². The Bertz CT molecular complexity index is 1910. The molecule has 37 heavy (non-hydrogen) atoms. The SMILES string of the molecule is CN1C(=O)C(c2cc3ccccc3cc2O)=C(c2cn(S(=O)(=O)c3ccccc3)c3ncccc23)C1=O. The van der Waals surface area contributed by atoms with Gasteiger partial charge in [0, 0.05) is 36.0 Å². The first-order valence-corrected chi connectivity index (χ1v) is 12.8. The number of hydrogen-bond donors (Lipinski definition) is 1. The average molecular weight is 510 g/mol. The number of phenols is 1. The Morgan fingerprint density at radius 3 is 2.11 bits per heavy atom. The predicted molar refractivity (Wildman–Crippen MR) is 139 cm³/mol. The molecule has 5 aromatic rings. The second-order valence-electron chi connectivity index (χ2n) is 8.67. The van der Waals surface area contributed by atoms with Gasteiger partial charge in [-0.3, -0.25) is 14.5 Å². The summed E-state index contributed by atoms with van der Waals surface area (Å²) in [6.45, 7) is 0. The highest BCUT2D eigenvalue weighted by atomic mass is 32.2. The molecule has 0 fully saturated rings. The van der Waals surface area contributed by atoms with E-state index in [-0.39, 0.29) is 38.6 Å². The van der Waals surface area contributed by atoms with Crippen LogP contribution >= 0.6 is 0 Å². The molecule has 8 nitrogen and oxygen atoms in total. The van der Waals surface area contributed by atoms with Crippen LogP contribution in [0, 0.1) is 0 Å². The summed E-state index contributed by atoms with van der Waals surface area (Å²) in [5, 5.41) is 12.8. The van der Waals surface area contributed by atoms with Crippen molar-refractivity contribution in [3.63, 3.8) is 0 Å². The summed E-state index contributed by atoms with van der Waals surface area (Å²) in [4.78, 5) is 32.1. The Morgan fingerprint density at radius 1 is 0.784 bits per heavy atom. The number of pyridine rings is 1. The summed E-state index contributed by atoms with van der Waals surface area (Å²) < 4.78 is 28.1. The molecule has 1 aliphatic heterocycles. The molecule has 2 aromatic heterocycles. The highest BCUT2D eigenvalue weighted by molar-refractivity contribution is 7.90.